The highest BCUT2D eigenvalue weighted by atomic mass is 16.2. The second-order valence-corrected chi connectivity index (χ2v) is 4.84. The highest BCUT2D eigenvalue weighted by molar-refractivity contribution is 6.00. The minimum Gasteiger partial charge on any atom is -0.320 e. The minimum atomic E-state index is -0.460. The predicted molar refractivity (Wildman–Crippen MR) is 77.1 cm³/mol. The molecule has 1 atom stereocenters. The fourth-order valence-electron chi connectivity index (χ4n) is 2.43. The number of piperidine rings is 1. The first-order valence-electron chi connectivity index (χ1n) is 6.69. The van der Waals surface area contributed by atoms with Crippen LogP contribution in [0.5, 0.6) is 0 Å². The number of nitrogens with one attached hydrogen (secondary N) is 1. The molecule has 1 aliphatic rings. The monoisotopic (exact) mass is 282 g/mol. The van der Waals surface area contributed by atoms with E-state index >= 15 is 0 Å². The molecule has 1 aliphatic heterocycles. The summed E-state index contributed by atoms with van der Waals surface area (Å²) >= 11 is 0. The van der Waals surface area contributed by atoms with Gasteiger partial charge in [-0.15, -0.1) is 0 Å². The first-order chi connectivity index (χ1) is 10.2. The third-order valence-electron chi connectivity index (χ3n) is 3.44. The van der Waals surface area contributed by atoms with Gasteiger partial charge in [0, 0.05) is 17.4 Å². The van der Waals surface area contributed by atoms with Crippen LogP contribution in [0.2, 0.25) is 0 Å². The van der Waals surface area contributed by atoms with Crippen molar-refractivity contribution >= 4 is 22.7 Å². The molecule has 2 amide bonds. The molecule has 106 valence electrons. The first kappa shape index (κ1) is 13.3. The fraction of sp³-hybridized carbons (Fsp3) is 0.267. The summed E-state index contributed by atoms with van der Waals surface area (Å²) in [6, 6.07) is 5.22. The highest BCUT2D eigenvalue weighted by Gasteiger charge is 2.29. The lowest BCUT2D eigenvalue weighted by atomic mass is 10.1. The van der Waals surface area contributed by atoms with Crippen molar-refractivity contribution in [2.45, 2.75) is 18.9 Å². The number of imide groups is 1. The smallest absolute Gasteiger partial charge is 0.251 e. The van der Waals surface area contributed by atoms with E-state index in [0.717, 1.165) is 16.5 Å². The summed E-state index contributed by atoms with van der Waals surface area (Å²) in [6.45, 7) is 0.296. The topological polar surface area (TPSA) is 90.0 Å². The van der Waals surface area contributed by atoms with Gasteiger partial charge in [-0.3, -0.25) is 19.6 Å². The summed E-state index contributed by atoms with van der Waals surface area (Å²) in [5.41, 5.74) is 7.02. The number of nitrogens with two attached hydrogens (primary N) is 1. The van der Waals surface area contributed by atoms with Gasteiger partial charge in [0.2, 0.25) is 5.91 Å². The maximum atomic E-state index is 12.0. The molecule has 2 heterocycles. The summed E-state index contributed by atoms with van der Waals surface area (Å²) in [7, 11) is 0. The Hall–Kier alpha value is -2.65. The molecule has 0 aliphatic carbocycles. The molecular formula is C15H14N4O2. The van der Waals surface area contributed by atoms with Gasteiger partial charge in [0.05, 0.1) is 18.3 Å². The summed E-state index contributed by atoms with van der Waals surface area (Å²) in [6.07, 6.45) is 2.49. The van der Waals surface area contributed by atoms with Crippen molar-refractivity contribution in [1.29, 1.82) is 0 Å². The van der Waals surface area contributed by atoms with Crippen LogP contribution < -0.4 is 11.1 Å². The first-order valence-corrected chi connectivity index (χ1v) is 6.69. The number of fused-ring (bicyclic) bond motifs is 1. The summed E-state index contributed by atoms with van der Waals surface area (Å²) in [5.74, 6) is 5.22. The van der Waals surface area contributed by atoms with Crippen LogP contribution in [-0.4, -0.2) is 28.1 Å². The van der Waals surface area contributed by atoms with E-state index < -0.39 is 6.04 Å². The van der Waals surface area contributed by atoms with Crippen LogP contribution >= 0.6 is 0 Å². The number of hydrogen-bond donors (Lipinski definition) is 2. The van der Waals surface area contributed by atoms with Crippen molar-refractivity contribution in [2.75, 3.05) is 6.54 Å². The van der Waals surface area contributed by atoms with Crippen molar-refractivity contribution in [3.8, 4) is 11.8 Å². The second kappa shape index (κ2) is 5.38. The maximum absolute atomic E-state index is 12.0. The molecule has 3 rings (SSSR count). The van der Waals surface area contributed by atoms with Crippen LogP contribution in [0.3, 0.4) is 0 Å². The molecule has 1 aromatic carbocycles. The Labute approximate surface area is 121 Å². The van der Waals surface area contributed by atoms with E-state index in [1.807, 2.05) is 18.2 Å². The Morgan fingerprint density at radius 2 is 2.29 bits per heavy atom. The molecule has 1 saturated heterocycles. The SMILES string of the molecule is NCC#Cc1ccc2cnn(C3CCC(=O)NC3=O)c2c1. The zero-order chi connectivity index (χ0) is 14.8. The van der Waals surface area contributed by atoms with E-state index in [9.17, 15) is 9.59 Å². The Kier molecular flexibility index (Phi) is 3.42. The molecule has 6 nitrogen and oxygen atoms in total. The summed E-state index contributed by atoms with van der Waals surface area (Å²) in [4.78, 5) is 23.2. The van der Waals surface area contributed by atoms with Crippen LogP contribution in [0.4, 0.5) is 0 Å². The standard InChI is InChI=1S/C15H14N4O2/c16-7-1-2-10-3-4-11-9-17-19(13(11)8-10)12-5-6-14(20)18-15(12)21/h3-4,8-9,12H,5-7,16H2,(H,18,20,21). The van der Waals surface area contributed by atoms with Gasteiger partial charge < -0.3 is 5.73 Å². The van der Waals surface area contributed by atoms with Crippen LogP contribution in [0.15, 0.2) is 24.4 Å². The molecular weight excluding hydrogens is 268 g/mol. The van der Waals surface area contributed by atoms with Gasteiger partial charge in [0.25, 0.3) is 5.91 Å². The summed E-state index contributed by atoms with van der Waals surface area (Å²) in [5, 5.41) is 7.56. The van der Waals surface area contributed by atoms with E-state index in [-0.39, 0.29) is 11.8 Å². The van der Waals surface area contributed by atoms with E-state index in [1.54, 1.807) is 10.9 Å². The van der Waals surface area contributed by atoms with Gasteiger partial charge in [-0.1, -0.05) is 11.8 Å². The second-order valence-electron chi connectivity index (χ2n) is 4.84. The van der Waals surface area contributed by atoms with Gasteiger partial charge in [-0.25, -0.2) is 0 Å². The van der Waals surface area contributed by atoms with Crippen molar-refractivity contribution in [3.05, 3.63) is 30.0 Å². The van der Waals surface area contributed by atoms with E-state index in [4.69, 9.17) is 5.73 Å². The van der Waals surface area contributed by atoms with E-state index in [1.165, 1.54) is 0 Å². The molecule has 0 spiro atoms. The van der Waals surface area contributed by atoms with E-state index in [0.29, 0.717) is 19.4 Å². The number of carbonyl (C=O) groups is 2. The third-order valence-corrected chi connectivity index (χ3v) is 3.44. The molecule has 0 bridgehead atoms. The zero-order valence-electron chi connectivity index (χ0n) is 11.3. The number of carbonyl (C=O) groups excluding carboxylic acids is 2. The Morgan fingerprint density at radius 1 is 1.43 bits per heavy atom. The third kappa shape index (κ3) is 2.51. The maximum Gasteiger partial charge on any atom is 0.251 e. The lowest BCUT2D eigenvalue weighted by molar-refractivity contribution is -0.135. The number of amides is 2. The molecule has 2 aromatic rings. The largest absolute Gasteiger partial charge is 0.320 e. The van der Waals surface area contributed by atoms with Crippen molar-refractivity contribution < 1.29 is 9.59 Å². The summed E-state index contributed by atoms with van der Waals surface area (Å²) < 4.78 is 1.66. The van der Waals surface area contributed by atoms with E-state index in [2.05, 4.69) is 22.3 Å². The lowest BCUT2D eigenvalue weighted by Gasteiger charge is -2.21. The van der Waals surface area contributed by atoms with Crippen molar-refractivity contribution in [1.82, 2.24) is 15.1 Å². The van der Waals surface area contributed by atoms with Crippen molar-refractivity contribution in [3.63, 3.8) is 0 Å². The zero-order valence-corrected chi connectivity index (χ0v) is 11.3. The molecule has 1 aromatic heterocycles. The van der Waals surface area contributed by atoms with Crippen LogP contribution in [-0.2, 0) is 9.59 Å². The Bertz CT molecular complexity index is 782. The molecule has 21 heavy (non-hydrogen) atoms. The quantitative estimate of drug-likeness (QED) is 0.582. The van der Waals surface area contributed by atoms with Gasteiger partial charge in [-0.2, -0.15) is 5.10 Å². The number of benzene rings is 1. The fourth-order valence-corrected chi connectivity index (χ4v) is 2.43. The van der Waals surface area contributed by atoms with Crippen LogP contribution in [0, 0.1) is 11.8 Å². The minimum absolute atomic E-state index is 0.234. The average molecular weight is 282 g/mol. The lowest BCUT2D eigenvalue weighted by Crippen LogP contribution is -2.42. The molecule has 0 saturated carbocycles. The van der Waals surface area contributed by atoms with Gasteiger partial charge >= 0.3 is 0 Å². The number of hydrogen-bond acceptors (Lipinski definition) is 4. The van der Waals surface area contributed by atoms with Crippen LogP contribution in [0.1, 0.15) is 24.4 Å². The molecule has 6 heteroatoms. The molecule has 3 N–H and O–H groups in total. The average Bonchev–Trinajstić information content (AvgIpc) is 2.88. The Morgan fingerprint density at radius 3 is 3.05 bits per heavy atom. The van der Waals surface area contributed by atoms with Gasteiger partial charge in [0.15, 0.2) is 0 Å². The number of rotatable bonds is 1. The van der Waals surface area contributed by atoms with Gasteiger partial charge in [0.1, 0.15) is 6.04 Å². The molecule has 0 radical (unpaired) electrons. The number of aromatic nitrogens is 2. The predicted octanol–water partition coefficient (Wildman–Crippen LogP) is 0.324. The normalized spacial score (nSPS) is 18.2. The number of nitrogens with zero attached hydrogens (tertiary/aromatic N) is 2. The highest BCUT2D eigenvalue weighted by Crippen LogP contribution is 2.24. The Balaban J connectivity index is 2.02. The van der Waals surface area contributed by atoms with Gasteiger partial charge in [-0.05, 0) is 24.6 Å². The van der Waals surface area contributed by atoms with Crippen LogP contribution in [0.25, 0.3) is 10.9 Å². The molecule has 1 fully saturated rings. The van der Waals surface area contributed by atoms with Crippen molar-refractivity contribution in [2.24, 2.45) is 5.73 Å². The molecule has 1 unspecified atom stereocenters.